The minimum absolute atomic E-state index is 0.271. The summed E-state index contributed by atoms with van der Waals surface area (Å²) in [4.78, 5) is 38.9. The smallest absolute Gasteiger partial charge is 0.294 e. The predicted molar refractivity (Wildman–Crippen MR) is 119 cm³/mol. The topological polar surface area (TPSA) is 75.7 Å². The molecule has 1 aliphatic heterocycles. The van der Waals surface area contributed by atoms with Gasteiger partial charge in [-0.1, -0.05) is 43.3 Å². The molecule has 156 valence electrons. The Hall–Kier alpha value is -3.06. The molecule has 1 heterocycles. The van der Waals surface area contributed by atoms with E-state index in [2.05, 4.69) is 5.32 Å². The lowest BCUT2D eigenvalue weighted by atomic mass is 10.1. The van der Waals surface area contributed by atoms with Gasteiger partial charge >= 0.3 is 0 Å². The molecule has 3 amide bonds. The van der Waals surface area contributed by atoms with Crippen molar-refractivity contribution in [2.24, 2.45) is 0 Å². The lowest BCUT2D eigenvalue weighted by Gasteiger charge is -2.15. The molecule has 0 atom stereocenters. The van der Waals surface area contributed by atoms with Crippen molar-refractivity contribution in [3.8, 4) is 5.75 Å². The number of aryl methyl sites for hydroxylation is 2. The summed E-state index contributed by atoms with van der Waals surface area (Å²) in [6, 6.07) is 13.0. The van der Waals surface area contributed by atoms with Crippen molar-refractivity contribution in [2.45, 2.75) is 27.2 Å². The third-order valence-electron chi connectivity index (χ3n) is 4.59. The number of carbonyl (C=O) groups is 3. The highest BCUT2D eigenvalue weighted by Crippen LogP contribution is 2.34. The fourth-order valence-electron chi connectivity index (χ4n) is 3.05. The van der Waals surface area contributed by atoms with E-state index in [9.17, 15) is 14.4 Å². The molecule has 0 radical (unpaired) electrons. The van der Waals surface area contributed by atoms with Gasteiger partial charge in [0.25, 0.3) is 11.1 Å². The van der Waals surface area contributed by atoms with Crippen LogP contribution in [0.4, 0.5) is 10.5 Å². The van der Waals surface area contributed by atoms with Crippen LogP contribution in [0.25, 0.3) is 6.08 Å². The average Bonchev–Trinajstić information content (AvgIpc) is 2.97. The van der Waals surface area contributed by atoms with Crippen molar-refractivity contribution in [2.75, 3.05) is 18.5 Å². The zero-order chi connectivity index (χ0) is 21.7. The standard InChI is InChI=1S/C23H24N2O4S/c1-4-12-29-18-11-6-5-10-17(18)13-19-22(27)25(23(28)30-19)14-20(26)24-21-15(2)8-7-9-16(21)3/h5-11,13H,4,12,14H2,1-3H3,(H,24,26)/b19-13+. The van der Waals surface area contributed by atoms with E-state index >= 15 is 0 Å². The van der Waals surface area contributed by atoms with Gasteiger partial charge in [-0.25, -0.2) is 0 Å². The number of nitrogens with zero attached hydrogens (tertiary/aromatic N) is 1. The van der Waals surface area contributed by atoms with Crippen molar-refractivity contribution < 1.29 is 19.1 Å². The molecule has 1 saturated heterocycles. The number of ether oxygens (including phenoxy) is 1. The number of rotatable bonds is 7. The van der Waals surface area contributed by atoms with Crippen molar-refractivity contribution in [3.63, 3.8) is 0 Å². The number of imide groups is 1. The fourth-order valence-corrected chi connectivity index (χ4v) is 3.88. The molecule has 3 rings (SSSR count). The molecule has 1 aliphatic rings. The van der Waals surface area contributed by atoms with Gasteiger partial charge in [0.15, 0.2) is 0 Å². The molecule has 2 aromatic rings. The zero-order valence-corrected chi connectivity index (χ0v) is 18.0. The van der Waals surface area contributed by atoms with Gasteiger partial charge in [0.2, 0.25) is 5.91 Å². The van der Waals surface area contributed by atoms with Gasteiger partial charge in [0.1, 0.15) is 12.3 Å². The van der Waals surface area contributed by atoms with Gasteiger partial charge < -0.3 is 10.1 Å². The average molecular weight is 425 g/mol. The van der Waals surface area contributed by atoms with Crippen LogP contribution < -0.4 is 10.1 Å². The highest BCUT2D eigenvalue weighted by molar-refractivity contribution is 8.18. The SMILES string of the molecule is CCCOc1ccccc1/C=C1/SC(=O)N(CC(=O)Nc2c(C)cccc2C)C1=O. The van der Waals surface area contributed by atoms with Gasteiger partial charge in [0.05, 0.1) is 11.5 Å². The van der Waals surface area contributed by atoms with E-state index in [-0.39, 0.29) is 11.4 Å². The number of nitrogens with one attached hydrogen (secondary N) is 1. The Kier molecular flexibility index (Phi) is 6.95. The van der Waals surface area contributed by atoms with Crippen molar-refractivity contribution in [3.05, 3.63) is 64.1 Å². The highest BCUT2D eigenvalue weighted by atomic mass is 32.2. The van der Waals surface area contributed by atoms with Crippen LogP contribution in [0.5, 0.6) is 5.75 Å². The molecule has 0 aromatic heterocycles. The van der Waals surface area contributed by atoms with E-state index < -0.39 is 17.1 Å². The third-order valence-corrected chi connectivity index (χ3v) is 5.50. The fraction of sp³-hybridized carbons (Fsp3) is 0.261. The van der Waals surface area contributed by atoms with Crippen molar-refractivity contribution in [1.82, 2.24) is 4.90 Å². The third kappa shape index (κ3) is 4.91. The molecule has 0 aliphatic carbocycles. The molecule has 0 spiro atoms. The van der Waals surface area contributed by atoms with E-state index in [1.807, 2.05) is 63.2 Å². The summed E-state index contributed by atoms with van der Waals surface area (Å²) in [5, 5.41) is 2.35. The number of para-hydroxylation sites is 2. The summed E-state index contributed by atoms with van der Waals surface area (Å²) in [6.07, 6.45) is 2.50. The van der Waals surface area contributed by atoms with Gasteiger partial charge in [-0.2, -0.15) is 0 Å². The lowest BCUT2D eigenvalue weighted by Crippen LogP contribution is -2.36. The van der Waals surface area contributed by atoms with Gasteiger partial charge in [-0.05, 0) is 55.3 Å². The first-order valence-corrected chi connectivity index (χ1v) is 10.6. The first kappa shape index (κ1) is 21.6. The Labute approximate surface area is 180 Å². The van der Waals surface area contributed by atoms with Crippen LogP contribution in [0.1, 0.15) is 30.0 Å². The number of carbonyl (C=O) groups excluding carboxylic acids is 3. The molecule has 30 heavy (non-hydrogen) atoms. The van der Waals surface area contributed by atoms with E-state index in [0.717, 1.165) is 39.8 Å². The molecule has 0 bridgehead atoms. The molecule has 7 heteroatoms. The zero-order valence-electron chi connectivity index (χ0n) is 17.2. The Morgan fingerprint density at radius 2 is 1.80 bits per heavy atom. The maximum absolute atomic E-state index is 12.8. The van der Waals surface area contributed by atoms with Crippen molar-refractivity contribution in [1.29, 1.82) is 0 Å². The summed E-state index contributed by atoms with van der Waals surface area (Å²) in [6.45, 7) is 6.03. The van der Waals surface area contributed by atoms with E-state index in [1.165, 1.54) is 0 Å². The van der Waals surface area contributed by atoms with E-state index in [4.69, 9.17) is 4.74 Å². The van der Waals surface area contributed by atoms with Crippen LogP contribution in [0.2, 0.25) is 0 Å². The largest absolute Gasteiger partial charge is 0.493 e. The maximum atomic E-state index is 12.8. The second-order valence-corrected chi connectivity index (χ2v) is 7.96. The molecule has 1 N–H and O–H groups in total. The van der Waals surface area contributed by atoms with Crippen molar-refractivity contribution >= 4 is 40.6 Å². The van der Waals surface area contributed by atoms with Crippen LogP contribution in [0.3, 0.4) is 0 Å². The second-order valence-electron chi connectivity index (χ2n) is 6.97. The first-order valence-electron chi connectivity index (χ1n) is 9.74. The molecule has 2 aromatic carbocycles. The number of thioether (sulfide) groups is 1. The van der Waals surface area contributed by atoms with Gasteiger partial charge in [0, 0.05) is 11.3 Å². The first-order chi connectivity index (χ1) is 14.4. The molecular formula is C23H24N2O4S. The quantitative estimate of drug-likeness (QED) is 0.648. The van der Waals surface area contributed by atoms with Crippen LogP contribution in [0, 0.1) is 13.8 Å². The maximum Gasteiger partial charge on any atom is 0.294 e. The number of hydrogen-bond acceptors (Lipinski definition) is 5. The summed E-state index contributed by atoms with van der Waals surface area (Å²) in [5.74, 6) is -0.242. The van der Waals surface area contributed by atoms with E-state index in [0.29, 0.717) is 18.0 Å². The molecule has 1 fully saturated rings. The highest BCUT2D eigenvalue weighted by Gasteiger charge is 2.36. The van der Waals surface area contributed by atoms with Gasteiger partial charge in [-0.15, -0.1) is 0 Å². The monoisotopic (exact) mass is 424 g/mol. The van der Waals surface area contributed by atoms with Crippen LogP contribution in [-0.4, -0.2) is 35.1 Å². The normalized spacial score (nSPS) is 15.0. The van der Waals surface area contributed by atoms with Gasteiger partial charge in [-0.3, -0.25) is 19.3 Å². The number of hydrogen-bond donors (Lipinski definition) is 1. The number of anilines is 1. The Morgan fingerprint density at radius 3 is 2.50 bits per heavy atom. The molecular weight excluding hydrogens is 400 g/mol. The lowest BCUT2D eigenvalue weighted by molar-refractivity contribution is -0.127. The molecule has 0 unspecified atom stereocenters. The van der Waals surface area contributed by atoms with Crippen LogP contribution >= 0.6 is 11.8 Å². The van der Waals surface area contributed by atoms with E-state index in [1.54, 1.807) is 6.08 Å². The minimum Gasteiger partial charge on any atom is -0.493 e. The Balaban J connectivity index is 1.74. The Morgan fingerprint density at radius 1 is 1.10 bits per heavy atom. The summed E-state index contributed by atoms with van der Waals surface area (Å²) in [7, 11) is 0. The molecule has 6 nitrogen and oxygen atoms in total. The Bertz CT molecular complexity index is 996. The minimum atomic E-state index is -0.480. The predicted octanol–water partition coefficient (Wildman–Crippen LogP) is 4.77. The van der Waals surface area contributed by atoms with Crippen LogP contribution in [-0.2, 0) is 9.59 Å². The second kappa shape index (κ2) is 9.63. The van der Waals surface area contributed by atoms with Crippen LogP contribution in [0.15, 0.2) is 47.4 Å². The summed E-state index contributed by atoms with van der Waals surface area (Å²) < 4.78 is 5.71. The molecule has 0 saturated carbocycles. The summed E-state index contributed by atoms with van der Waals surface area (Å²) in [5.41, 5.74) is 3.26. The summed E-state index contributed by atoms with van der Waals surface area (Å²) >= 11 is 0.827. The number of benzene rings is 2. The number of amides is 3.